The number of benzene rings is 1. The van der Waals surface area contributed by atoms with E-state index in [1.165, 1.54) is 16.7 Å². The lowest BCUT2D eigenvalue weighted by Crippen LogP contribution is -2.19. The Kier molecular flexibility index (Phi) is 3.53. The summed E-state index contributed by atoms with van der Waals surface area (Å²) < 4.78 is 11.4. The van der Waals surface area contributed by atoms with Crippen LogP contribution in [0.1, 0.15) is 40.7 Å². The molecule has 3 heteroatoms. The molecule has 1 N–H and O–H groups in total. The fourth-order valence-corrected chi connectivity index (χ4v) is 3.00. The summed E-state index contributed by atoms with van der Waals surface area (Å²) in [5, 5.41) is 3.39. The minimum absolute atomic E-state index is 0.166. The van der Waals surface area contributed by atoms with Gasteiger partial charge in [-0.05, 0) is 57.0 Å². The predicted molar refractivity (Wildman–Crippen MR) is 79.3 cm³/mol. The van der Waals surface area contributed by atoms with Gasteiger partial charge in [0.1, 0.15) is 17.3 Å². The van der Waals surface area contributed by atoms with Gasteiger partial charge in [-0.15, -0.1) is 0 Å². The number of nitrogens with one attached hydrogen (secondary N) is 1. The molecule has 1 aliphatic heterocycles. The Morgan fingerprint density at radius 3 is 2.75 bits per heavy atom. The summed E-state index contributed by atoms with van der Waals surface area (Å²) in [7, 11) is 1.99. The largest absolute Gasteiger partial charge is 0.493 e. The predicted octanol–water partition coefficient (Wildman–Crippen LogP) is 3.53. The van der Waals surface area contributed by atoms with Gasteiger partial charge in [0.25, 0.3) is 0 Å². The van der Waals surface area contributed by atoms with Gasteiger partial charge in [0.15, 0.2) is 0 Å². The van der Waals surface area contributed by atoms with Gasteiger partial charge in [0.05, 0.1) is 12.6 Å². The van der Waals surface area contributed by atoms with E-state index in [9.17, 15) is 0 Å². The van der Waals surface area contributed by atoms with E-state index in [4.69, 9.17) is 9.15 Å². The van der Waals surface area contributed by atoms with Crippen LogP contribution in [0.2, 0.25) is 0 Å². The van der Waals surface area contributed by atoms with E-state index < -0.39 is 0 Å². The van der Waals surface area contributed by atoms with E-state index >= 15 is 0 Å². The fourth-order valence-electron chi connectivity index (χ4n) is 3.00. The third kappa shape index (κ3) is 2.34. The van der Waals surface area contributed by atoms with Crippen molar-refractivity contribution < 1.29 is 9.15 Å². The molecule has 20 heavy (non-hydrogen) atoms. The molecular formula is C17H21NO2. The van der Waals surface area contributed by atoms with E-state index in [0.29, 0.717) is 0 Å². The van der Waals surface area contributed by atoms with Crippen LogP contribution in [-0.2, 0) is 6.42 Å². The highest BCUT2D eigenvalue weighted by Gasteiger charge is 2.19. The average Bonchev–Trinajstić information content (AvgIpc) is 2.78. The van der Waals surface area contributed by atoms with E-state index in [2.05, 4.69) is 29.6 Å². The van der Waals surface area contributed by atoms with Gasteiger partial charge in [-0.25, -0.2) is 0 Å². The molecule has 3 rings (SSSR count). The number of furan rings is 1. The second-order valence-corrected chi connectivity index (χ2v) is 5.41. The fraction of sp³-hybridized carbons (Fsp3) is 0.412. The molecule has 2 heterocycles. The minimum Gasteiger partial charge on any atom is -0.493 e. The third-order valence-corrected chi connectivity index (χ3v) is 3.94. The molecule has 106 valence electrons. The van der Waals surface area contributed by atoms with Crippen molar-refractivity contribution in [3.05, 3.63) is 52.5 Å². The van der Waals surface area contributed by atoms with Gasteiger partial charge in [0.2, 0.25) is 0 Å². The monoisotopic (exact) mass is 271 g/mol. The van der Waals surface area contributed by atoms with Gasteiger partial charge in [-0.3, -0.25) is 0 Å². The van der Waals surface area contributed by atoms with Crippen LogP contribution in [0.15, 0.2) is 28.7 Å². The topological polar surface area (TPSA) is 34.4 Å². The Morgan fingerprint density at radius 1 is 1.20 bits per heavy atom. The Hall–Kier alpha value is -1.74. The first-order valence-electron chi connectivity index (χ1n) is 7.19. The Bertz CT molecular complexity index is 615. The molecule has 0 saturated carbocycles. The van der Waals surface area contributed by atoms with Gasteiger partial charge >= 0.3 is 0 Å². The molecule has 3 nitrogen and oxygen atoms in total. The molecule has 0 bridgehead atoms. The molecule has 2 aromatic rings. The van der Waals surface area contributed by atoms with Crippen LogP contribution >= 0.6 is 0 Å². The van der Waals surface area contributed by atoms with Crippen molar-refractivity contribution in [1.29, 1.82) is 0 Å². The number of hydrogen-bond donors (Lipinski definition) is 1. The van der Waals surface area contributed by atoms with Crippen molar-refractivity contribution in [3.63, 3.8) is 0 Å². The molecule has 0 fully saturated rings. The first-order chi connectivity index (χ1) is 9.69. The van der Waals surface area contributed by atoms with Crippen LogP contribution in [0.5, 0.6) is 5.75 Å². The molecule has 0 radical (unpaired) electrons. The van der Waals surface area contributed by atoms with Crippen molar-refractivity contribution >= 4 is 0 Å². The summed E-state index contributed by atoms with van der Waals surface area (Å²) in [6.07, 6.45) is 2.20. The van der Waals surface area contributed by atoms with Crippen molar-refractivity contribution in [2.24, 2.45) is 0 Å². The van der Waals surface area contributed by atoms with Crippen LogP contribution in [0, 0.1) is 13.8 Å². The summed E-state index contributed by atoms with van der Waals surface area (Å²) in [6.45, 7) is 4.85. The van der Waals surface area contributed by atoms with Crippen LogP contribution in [-0.4, -0.2) is 13.7 Å². The van der Waals surface area contributed by atoms with E-state index in [1.54, 1.807) is 0 Å². The first-order valence-corrected chi connectivity index (χ1v) is 7.19. The molecule has 1 aromatic heterocycles. The van der Waals surface area contributed by atoms with Crippen LogP contribution in [0.25, 0.3) is 0 Å². The molecule has 0 aliphatic carbocycles. The molecule has 1 aromatic carbocycles. The first kappa shape index (κ1) is 13.3. The zero-order valence-corrected chi connectivity index (χ0v) is 12.3. The minimum atomic E-state index is 0.166. The summed E-state index contributed by atoms with van der Waals surface area (Å²) >= 11 is 0. The van der Waals surface area contributed by atoms with E-state index in [-0.39, 0.29) is 6.04 Å². The Morgan fingerprint density at radius 2 is 2.05 bits per heavy atom. The van der Waals surface area contributed by atoms with Crippen LogP contribution < -0.4 is 10.1 Å². The lowest BCUT2D eigenvalue weighted by atomic mass is 9.95. The summed E-state index contributed by atoms with van der Waals surface area (Å²) in [5.74, 6) is 2.98. The summed E-state index contributed by atoms with van der Waals surface area (Å²) in [4.78, 5) is 0. The van der Waals surface area contributed by atoms with Crippen molar-refractivity contribution in [2.75, 3.05) is 13.7 Å². The van der Waals surface area contributed by atoms with Crippen molar-refractivity contribution in [3.8, 4) is 5.75 Å². The van der Waals surface area contributed by atoms with Crippen molar-refractivity contribution in [2.45, 2.75) is 32.7 Å². The molecule has 0 amide bonds. The van der Waals surface area contributed by atoms with Crippen molar-refractivity contribution in [1.82, 2.24) is 5.32 Å². The maximum atomic E-state index is 5.69. The number of fused-ring (bicyclic) bond motifs is 1. The normalized spacial score (nSPS) is 15.6. The molecule has 1 atom stereocenters. The van der Waals surface area contributed by atoms with Gasteiger partial charge < -0.3 is 14.5 Å². The second-order valence-electron chi connectivity index (χ2n) is 5.41. The highest BCUT2D eigenvalue weighted by Crippen LogP contribution is 2.32. The number of aryl methyl sites for hydroxylation is 3. The van der Waals surface area contributed by atoms with Gasteiger partial charge in [-0.2, -0.15) is 0 Å². The number of hydrogen-bond acceptors (Lipinski definition) is 3. The maximum absolute atomic E-state index is 5.69. The lowest BCUT2D eigenvalue weighted by molar-refractivity contribution is 0.288. The smallest absolute Gasteiger partial charge is 0.122 e. The SMILES string of the molecule is CNC(c1ccc2c(c1)CCCO2)c1cc(C)oc1C. The quantitative estimate of drug-likeness (QED) is 0.927. The summed E-state index contributed by atoms with van der Waals surface area (Å²) in [5.41, 5.74) is 3.79. The number of rotatable bonds is 3. The standard InChI is InChI=1S/C17H21NO2/c1-11-9-15(12(2)20-11)17(18-3)14-6-7-16-13(10-14)5-4-8-19-16/h6-7,9-10,17-18H,4-5,8H2,1-3H3. The maximum Gasteiger partial charge on any atom is 0.122 e. The zero-order valence-electron chi connectivity index (χ0n) is 12.3. The number of ether oxygens (including phenoxy) is 1. The third-order valence-electron chi connectivity index (χ3n) is 3.94. The summed E-state index contributed by atoms with van der Waals surface area (Å²) in [6, 6.07) is 8.78. The molecule has 1 unspecified atom stereocenters. The van der Waals surface area contributed by atoms with Crippen LogP contribution in [0.4, 0.5) is 0 Å². The zero-order chi connectivity index (χ0) is 14.1. The van der Waals surface area contributed by atoms with Crippen LogP contribution in [0.3, 0.4) is 0 Å². The highest BCUT2D eigenvalue weighted by atomic mass is 16.5. The van der Waals surface area contributed by atoms with E-state index in [0.717, 1.165) is 36.7 Å². The second kappa shape index (κ2) is 5.33. The van der Waals surface area contributed by atoms with Gasteiger partial charge in [-0.1, -0.05) is 12.1 Å². The van der Waals surface area contributed by atoms with E-state index in [1.807, 2.05) is 20.9 Å². The molecule has 0 saturated heterocycles. The highest BCUT2D eigenvalue weighted by molar-refractivity contribution is 5.43. The molecular weight excluding hydrogens is 250 g/mol. The molecule has 0 spiro atoms. The average molecular weight is 271 g/mol. The molecule has 1 aliphatic rings. The Balaban J connectivity index is 1.99. The Labute approximate surface area is 119 Å². The van der Waals surface area contributed by atoms with Gasteiger partial charge in [0, 0.05) is 5.56 Å². The lowest BCUT2D eigenvalue weighted by Gasteiger charge is -2.21.